The number of para-hydroxylation sites is 1. The van der Waals surface area contributed by atoms with Crippen molar-refractivity contribution in [2.24, 2.45) is 4.74 Å². The molecule has 1 aliphatic heterocycles. The van der Waals surface area contributed by atoms with Gasteiger partial charge in [0.15, 0.2) is 0 Å². The molecular weight excluding hydrogens is 480 g/mol. The average molecular weight is 513 g/mol. The number of nitrogens with zero attached hydrogens (tertiary/aromatic N) is 2. The maximum Gasteiger partial charge on any atom is 0.416 e. The largest absolute Gasteiger partial charge is 0.416 e. The van der Waals surface area contributed by atoms with E-state index in [0.717, 1.165) is 41.7 Å². The van der Waals surface area contributed by atoms with E-state index in [1.807, 2.05) is 49.5 Å². The van der Waals surface area contributed by atoms with Gasteiger partial charge in [0.25, 0.3) is 0 Å². The molecule has 1 aliphatic rings. The van der Waals surface area contributed by atoms with E-state index in [2.05, 4.69) is 43.6 Å². The average Bonchev–Trinajstić information content (AvgIpc) is 3.05. The Morgan fingerprint density at radius 2 is 1.67 bits per heavy atom. The van der Waals surface area contributed by atoms with Gasteiger partial charge < -0.3 is 9.42 Å². The van der Waals surface area contributed by atoms with E-state index in [-0.39, 0.29) is 11.1 Å². The van der Waals surface area contributed by atoms with Gasteiger partial charge >= 0.3 is 6.18 Å². The van der Waals surface area contributed by atoms with Crippen molar-refractivity contribution in [1.29, 1.82) is 0 Å². The second-order valence-electron chi connectivity index (χ2n) is 9.51. The minimum absolute atomic E-state index is 0.256. The molecule has 7 heteroatoms. The Hall–Kier alpha value is -2.82. The molecule has 0 aliphatic carbocycles. The van der Waals surface area contributed by atoms with Crippen LogP contribution in [0, 0.1) is 0 Å². The zero-order valence-electron chi connectivity index (χ0n) is 21.1. The lowest BCUT2D eigenvalue weighted by molar-refractivity contribution is -0.137. The lowest BCUT2D eigenvalue weighted by atomic mass is 9.84. The second-order valence-corrected chi connectivity index (χ2v) is 12.0. The minimum atomic E-state index is -4.45. The number of hydrogen-bond donors (Lipinski definition) is 0. The summed E-state index contributed by atoms with van der Waals surface area (Å²) >= 11 is 0. The van der Waals surface area contributed by atoms with Gasteiger partial charge in [-0.05, 0) is 36.2 Å². The van der Waals surface area contributed by atoms with Crippen LogP contribution in [-0.4, -0.2) is 13.7 Å². The van der Waals surface area contributed by atoms with Crippen molar-refractivity contribution in [3.8, 4) is 0 Å². The number of alkyl halides is 3. The maximum absolute atomic E-state index is 13.5. The molecule has 3 nitrogen and oxygen atoms in total. The Morgan fingerprint density at radius 3 is 2.33 bits per heavy atom. The fourth-order valence-electron chi connectivity index (χ4n) is 4.60. The quantitative estimate of drug-likeness (QED) is 0.233. The van der Waals surface area contributed by atoms with Crippen LogP contribution in [0.3, 0.4) is 0 Å². The first-order valence-electron chi connectivity index (χ1n) is 12.1. The third-order valence-electron chi connectivity index (χ3n) is 6.59. The number of allylic oxidation sites excluding steroid dienone is 1. The zero-order valence-corrected chi connectivity index (χ0v) is 22.0. The normalized spacial score (nSPS) is 17.6. The summed E-state index contributed by atoms with van der Waals surface area (Å²) < 4.78 is 52.2. The van der Waals surface area contributed by atoms with Crippen LogP contribution in [0.5, 0.6) is 0 Å². The number of rotatable bonds is 7. The Labute approximate surface area is 211 Å². The number of unbranched alkanes of at least 4 members (excludes halogenated alkanes) is 1. The van der Waals surface area contributed by atoms with Crippen LogP contribution in [0.2, 0.25) is 0 Å². The molecule has 0 aromatic heterocycles. The summed E-state index contributed by atoms with van der Waals surface area (Å²) in [5.41, 5.74) is 2.52. The summed E-state index contributed by atoms with van der Waals surface area (Å²) in [6.07, 6.45) is -2.68. The Kier molecular flexibility index (Phi) is 7.49. The predicted molar refractivity (Wildman–Crippen MR) is 143 cm³/mol. The van der Waals surface area contributed by atoms with Crippen molar-refractivity contribution in [3.05, 3.63) is 102 Å². The first-order chi connectivity index (χ1) is 17.1. The molecule has 3 aromatic rings. The van der Waals surface area contributed by atoms with E-state index in [1.165, 1.54) is 11.6 Å². The lowest BCUT2D eigenvalue weighted by Gasteiger charge is -2.29. The molecule has 1 atom stereocenters. The van der Waals surface area contributed by atoms with Crippen LogP contribution in [-0.2, 0) is 16.1 Å². The molecule has 0 saturated heterocycles. The van der Waals surface area contributed by atoms with Gasteiger partial charge in [0.1, 0.15) is 7.28 Å². The number of halogens is 3. The summed E-state index contributed by atoms with van der Waals surface area (Å²) in [5.74, 6) is 2.10. The SMILES string of the molecule is CCCCOP(C=C1N(C)c2ccccc2C1(C)C)(=Nc1cccc(C(F)(F)F)c1)c1ccccc1. The molecule has 0 radical (unpaired) electrons. The molecule has 36 heavy (non-hydrogen) atoms. The molecule has 0 spiro atoms. The highest BCUT2D eigenvalue weighted by Crippen LogP contribution is 2.58. The number of likely N-dealkylation sites (N-methyl/N-ethyl adjacent to an activating group) is 1. The number of fused-ring (bicyclic) bond motifs is 1. The van der Waals surface area contributed by atoms with E-state index in [9.17, 15) is 13.2 Å². The summed E-state index contributed by atoms with van der Waals surface area (Å²) in [5, 5.41) is 0.867. The van der Waals surface area contributed by atoms with Crippen LogP contribution in [0.1, 0.15) is 44.7 Å². The highest BCUT2D eigenvalue weighted by molar-refractivity contribution is 7.72. The van der Waals surface area contributed by atoms with Crippen LogP contribution < -0.4 is 10.2 Å². The maximum atomic E-state index is 13.5. The van der Waals surface area contributed by atoms with Crippen molar-refractivity contribution in [1.82, 2.24) is 0 Å². The molecule has 0 amide bonds. The third kappa shape index (κ3) is 5.16. The number of benzene rings is 3. The molecule has 0 bridgehead atoms. The Bertz CT molecular complexity index is 1300. The van der Waals surface area contributed by atoms with E-state index in [4.69, 9.17) is 9.27 Å². The number of anilines is 1. The van der Waals surface area contributed by atoms with Gasteiger partial charge in [-0.1, -0.05) is 81.8 Å². The third-order valence-corrected chi connectivity index (χ3v) is 9.32. The van der Waals surface area contributed by atoms with E-state index in [0.29, 0.717) is 6.61 Å². The van der Waals surface area contributed by atoms with Crippen molar-refractivity contribution in [3.63, 3.8) is 0 Å². The van der Waals surface area contributed by atoms with Gasteiger partial charge in [-0.2, -0.15) is 13.2 Å². The topological polar surface area (TPSA) is 24.8 Å². The fourth-order valence-corrected chi connectivity index (χ4v) is 7.51. The first-order valence-corrected chi connectivity index (χ1v) is 13.9. The van der Waals surface area contributed by atoms with Crippen LogP contribution in [0.25, 0.3) is 0 Å². The summed E-state index contributed by atoms with van der Waals surface area (Å²) in [6.45, 7) is 6.87. The summed E-state index contributed by atoms with van der Waals surface area (Å²) in [7, 11) is -0.890. The van der Waals surface area contributed by atoms with Crippen molar-refractivity contribution in [2.75, 3.05) is 18.6 Å². The van der Waals surface area contributed by atoms with Gasteiger partial charge in [0, 0.05) is 35.0 Å². The highest BCUT2D eigenvalue weighted by Gasteiger charge is 2.40. The molecule has 190 valence electrons. The van der Waals surface area contributed by atoms with Crippen LogP contribution in [0.4, 0.5) is 24.5 Å². The van der Waals surface area contributed by atoms with Gasteiger partial charge in [-0.15, -0.1) is 0 Å². The smallest absolute Gasteiger partial charge is 0.347 e. The zero-order chi connectivity index (χ0) is 26.0. The Morgan fingerprint density at radius 1 is 0.972 bits per heavy atom. The highest BCUT2D eigenvalue weighted by atomic mass is 31.2. The van der Waals surface area contributed by atoms with Gasteiger partial charge in [0.05, 0.1) is 17.9 Å². The Balaban J connectivity index is 1.99. The second kappa shape index (κ2) is 10.3. The molecule has 1 unspecified atom stereocenters. The van der Waals surface area contributed by atoms with E-state index < -0.39 is 19.0 Å². The summed E-state index contributed by atoms with van der Waals surface area (Å²) in [4.78, 5) is 2.15. The molecule has 3 aromatic carbocycles. The molecular formula is C29H32F3N2OP. The fraction of sp³-hybridized carbons (Fsp3) is 0.310. The first kappa shape index (κ1) is 26.2. The van der Waals surface area contributed by atoms with Crippen LogP contribution >= 0.6 is 7.28 Å². The van der Waals surface area contributed by atoms with Crippen molar-refractivity contribution in [2.45, 2.75) is 45.2 Å². The van der Waals surface area contributed by atoms with E-state index in [1.54, 1.807) is 6.07 Å². The molecule has 0 N–H and O–H groups in total. The van der Waals surface area contributed by atoms with Crippen molar-refractivity contribution >= 4 is 24.0 Å². The monoisotopic (exact) mass is 512 g/mol. The standard InChI is InChI=1S/C29H32F3N2OP/c1-5-6-19-35-36(24-15-8-7-9-16-24,33-23-14-12-13-22(20-23)29(30,31)32)21-27-28(2,3)25-17-10-11-18-26(25)34(27)4/h7-18,20-21H,5-6,19H2,1-4H3. The van der Waals surface area contributed by atoms with Gasteiger partial charge in [-0.25, -0.2) is 4.74 Å². The molecule has 1 heterocycles. The van der Waals surface area contributed by atoms with E-state index >= 15 is 0 Å². The molecule has 0 saturated carbocycles. The number of hydrogen-bond acceptors (Lipinski definition) is 3. The lowest BCUT2D eigenvalue weighted by Crippen LogP contribution is -2.23. The minimum Gasteiger partial charge on any atom is -0.347 e. The van der Waals surface area contributed by atoms with Gasteiger partial charge in [0.2, 0.25) is 0 Å². The summed E-state index contributed by atoms with van der Waals surface area (Å²) in [6, 6.07) is 23.1. The van der Waals surface area contributed by atoms with Crippen LogP contribution in [0.15, 0.2) is 95.1 Å². The molecule has 0 fully saturated rings. The molecule has 4 rings (SSSR count). The van der Waals surface area contributed by atoms with Gasteiger partial charge in [-0.3, -0.25) is 0 Å². The van der Waals surface area contributed by atoms with Crippen molar-refractivity contribution < 1.29 is 17.7 Å². The predicted octanol–water partition coefficient (Wildman–Crippen LogP) is 8.86.